The van der Waals surface area contributed by atoms with Crippen LogP contribution in [0.4, 0.5) is 13.2 Å². The van der Waals surface area contributed by atoms with Crippen LogP contribution in [-0.2, 0) is 16.1 Å². The Labute approximate surface area is 137 Å². The Morgan fingerprint density at radius 3 is 2.42 bits per heavy atom. The SMILES string of the molecule is CNC(=O)COc1ccc(CNC(=O)[C@@H]2C[C@@]2(C)C(F)(F)F)cc1. The Morgan fingerprint density at radius 1 is 1.29 bits per heavy atom. The predicted octanol–water partition coefficient (Wildman–Crippen LogP) is 2.02. The first-order valence-corrected chi connectivity index (χ1v) is 7.44. The zero-order valence-corrected chi connectivity index (χ0v) is 13.4. The normalized spacial score (nSPS) is 22.6. The van der Waals surface area contributed by atoms with Gasteiger partial charge in [0.05, 0.1) is 11.3 Å². The zero-order valence-electron chi connectivity index (χ0n) is 13.4. The molecular weight excluding hydrogens is 325 g/mol. The molecule has 2 amide bonds. The van der Waals surface area contributed by atoms with Crippen LogP contribution in [0.3, 0.4) is 0 Å². The average Bonchev–Trinajstić information content (AvgIpc) is 3.24. The number of carbonyl (C=O) groups is 2. The molecule has 1 saturated carbocycles. The van der Waals surface area contributed by atoms with Gasteiger partial charge in [-0.15, -0.1) is 0 Å². The van der Waals surface area contributed by atoms with Crippen molar-refractivity contribution in [2.45, 2.75) is 26.1 Å². The number of hydrogen-bond donors (Lipinski definition) is 2. The summed E-state index contributed by atoms with van der Waals surface area (Å²) in [5.41, 5.74) is -1.18. The van der Waals surface area contributed by atoms with Gasteiger partial charge < -0.3 is 15.4 Å². The van der Waals surface area contributed by atoms with E-state index in [4.69, 9.17) is 4.74 Å². The number of nitrogens with one attached hydrogen (secondary N) is 2. The summed E-state index contributed by atoms with van der Waals surface area (Å²) in [5, 5.41) is 4.94. The molecule has 5 nitrogen and oxygen atoms in total. The van der Waals surface area contributed by atoms with Gasteiger partial charge in [0.25, 0.3) is 5.91 Å². The smallest absolute Gasteiger partial charge is 0.395 e. The number of alkyl halides is 3. The van der Waals surface area contributed by atoms with Gasteiger partial charge in [-0.3, -0.25) is 9.59 Å². The van der Waals surface area contributed by atoms with Crippen LogP contribution in [0.25, 0.3) is 0 Å². The minimum atomic E-state index is -4.36. The summed E-state index contributed by atoms with van der Waals surface area (Å²) in [5.74, 6) is -1.38. The van der Waals surface area contributed by atoms with Gasteiger partial charge >= 0.3 is 6.18 Å². The Kier molecular flexibility index (Phi) is 5.05. The van der Waals surface area contributed by atoms with Crippen molar-refractivity contribution < 1.29 is 27.5 Å². The number of likely N-dealkylation sites (N-methyl/N-ethyl adjacent to an activating group) is 1. The van der Waals surface area contributed by atoms with E-state index in [9.17, 15) is 22.8 Å². The molecule has 2 N–H and O–H groups in total. The number of amides is 2. The standard InChI is InChI=1S/C16H19F3N2O3/c1-15(16(17,18)19)7-12(15)14(23)21-8-10-3-5-11(6-4-10)24-9-13(22)20-2/h3-6,12H,7-9H2,1-2H3,(H,20,22)(H,21,23)/t12-,15+/m0/s1. The average molecular weight is 344 g/mol. The van der Waals surface area contributed by atoms with Crippen LogP contribution in [0.15, 0.2) is 24.3 Å². The Bertz CT molecular complexity index is 616. The van der Waals surface area contributed by atoms with Gasteiger partial charge in [-0.25, -0.2) is 0 Å². The third-order valence-corrected chi connectivity index (χ3v) is 4.24. The molecule has 8 heteroatoms. The Morgan fingerprint density at radius 2 is 1.92 bits per heavy atom. The second-order valence-corrected chi connectivity index (χ2v) is 6.00. The van der Waals surface area contributed by atoms with Crippen molar-refractivity contribution in [1.29, 1.82) is 0 Å². The molecular formula is C16H19F3N2O3. The first kappa shape index (κ1) is 18.1. The molecule has 1 aromatic rings. The number of ether oxygens (including phenoxy) is 1. The molecule has 1 aliphatic carbocycles. The van der Waals surface area contributed by atoms with Crippen molar-refractivity contribution in [2.75, 3.05) is 13.7 Å². The number of benzene rings is 1. The molecule has 0 heterocycles. The maximum Gasteiger partial charge on any atom is 0.395 e. The number of hydrogen-bond acceptors (Lipinski definition) is 3. The van der Waals surface area contributed by atoms with Gasteiger partial charge in [0.15, 0.2) is 6.61 Å². The fourth-order valence-corrected chi connectivity index (χ4v) is 2.30. The molecule has 0 aliphatic heterocycles. The largest absolute Gasteiger partial charge is 0.484 e. The zero-order chi connectivity index (χ0) is 18.0. The second kappa shape index (κ2) is 6.70. The third kappa shape index (κ3) is 3.98. The summed E-state index contributed by atoms with van der Waals surface area (Å²) in [7, 11) is 1.50. The number of carbonyl (C=O) groups excluding carboxylic acids is 2. The molecule has 1 aliphatic rings. The fraction of sp³-hybridized carbons (Fsp3) is 0.500. The van der Waals surface area contributed by atoms with E-state index in [1.807, 2.05) is 0 Å². The van der Waals surface area contributed by atoms with Crippen molar-refractivity contribution in [1.82, 2.24) is 10.6 Å². The predicted molar refractivity (Wildman–Crippen MR) is 80.1 cm³/mol. The highest BCUT2D eigenvalue weighted by molar-refractivity contribution is 5.82. The van der Waals surface area contributed by atoms with Gasteiger partial charge in [0.1, 0.15) is 5.75 Å². The van der Waals surface area contributed by atoms with Crippen molar-refractivity contribution in [3.8, 4) is 5.75 Å². The van der Waals surface area contributed by atoms with E-state index in [1.54, 1.807) is 24.3 Å². The molecule has 2 rings (SSSR count). The van der Waals surface area contributed by atoms with Crippen molar-refractivity contribution in [3.63, 3.8) is 0 Å². The van der Waals surface area contributed by atoms with E-state index < -0.39 is 23.4 Å². The quantitative estimate of drug-likeness (QED) is 0.830. The van der Waals surface area contributed by atoms with Gasteiger partial charge in [0, 0.05) is 13.6 Å². The Balaban J connectivity index is 1.81. The molecule has 1 aromatic carbocycles. The summed E-state index contributed by atoms with van der Waals surface area (Å²) in [6.07, 6.45) is -4.53. The van der Waals surface area contributed by atoms with Crippen molar-refractivity contribution >= 4 is 11.8 Å². The summed E-state index contributed by atoms with van der Waals surface area (Å²) in [6, 6.07) is 6.60. The molecule has 0 unspecified atom stereocenters. The minimum Gasteiger partial charge on any atom is -0.484 e. The van der Waals surface area contributed by atoms with Gasteiger partial charge in [-0.2, -0.15) is 13.2 Å². The topological polar surface area (TPSA) is 67.4 Å². The maximum absolute atomic E-state index is 12.8. The van der Waals surface area contributed by atoms with E-state index in [0.29, 0.717) is 5.75 Å². The Hall–Kier alpha value is -2.25. The van der Waals surface area contributed by atoms with Gasteiger partial charge in [-0.1, -0.05) is 19.1 Å². The van der Waals surface area contributed by atoms with E-state index in [0.717, 1.165) is 12.5 Å². The van der Waals surface area contributed by atoms with Crippen molar-refractivity contribution in [3.05, 3.63) is 29.8 Å². The highest BCUT2D eigenvalue weighted by atomic mass is 19.4. The second-order valence-electron chi connectivity index (χ2n) is 6.00. The lowest BCUT2D eigenvalue weighted by atomic mass is 10.1. The van der Waals surface area contributed by atoms with Crippen molar-refractivity contribution in [2.24, 2.45) is 11.3 Å². The summed E-state index contributed by atoms with van der Waals surface area (Å²) < 4.78 is 43.6. The molecule has 2 atom stereocenters. The van der Waals surface area contributed by atoms with Crippen LogP contribution in [0.2, 0.25) is 0 Å². The summed E-state index contributed by atoms with van der Waals surface area (Å²) in [6.45, 7) is 1.10. The summed E-state index contributed by atoms with van der Waals surface area (Å²) in [4.78, 5) is 22.9. The van der Waals surface area contributed by atoms with Crippen LogP contribution in [0, 0.1) is 11.3 Å². The van der Waals surface area contributed by atoms with E-state index in [1.165, 1.54) is 7.05 Å². The van der Waals surface area contributed by atoms with E-state index in [-0.39, 0.29) is 25.5 Å². The maximum atomic E-state index is 12.8. The fourth-order valence-electron chi connectivity index (χ4n) is 2.30. The first-order chi connectivity index (χ1) is 11.2. The lowest BCUT2D eigenvalue weighted by Crippen LogP contribution is -2.31. The highest BCUT2D eigenvalue weighted by Crippen LogP contribution is 2.62. The summed E-state index contributed by atoms with van der Waals surface area (Å²) >= 11 is 0. The first-order valence-electron chi connectivity index (χ1n) is 7.44. The van der Waals surface area contributed by atoms with Crippen LogP contribution in [0.1, 0.15) is 18.9 Å². The number of halogens is 3. The highest BCUT2D eigenvalue weighted by Gasteiger charge is 2.69. The lowest BCUT2D eigenvalue weighted by molar-refractivity contribution is -0.187. The monoisotopic (exact) mass is 344 g/mol. The molecule has 0 radical (unpaired) electrons. The van der Waals surface area contributed by atoms with E-state index in [2.05, 4.69) is 10.6 Å². The molecule has 0 bridgehead atoms. The van der Waals surface area contributed by atoms with Crippen LogP contribution in [0.5, 0.6) is 5.75 Å². The van der Waals surface area contributed by atoms with Crippen LogP contribution >= 0.6 is 0 Å². The third-order valence-electron chi connectivity index (χ3n) is 4.24. The van der Waals surface area contributed by atoms with E-state index >= 15 is 0 Å². The van der Waals surface area contributed by atoms with Gasteiger partial charge in [-0.05, 0) is 24.1 Å². The molecule has 0 saturated heterocycles. The van der Waals surface area contributed by atoms with Crippen LogP contribution < -0.4 is 15.4 Å². The molecule has 0 spiro atoms. The molecule has 132 valence electrons. The molecule has 24 heavy (non-hydrogen) atoms. The van der Waals surface area contributed by atoms with Crippen LogP contribution in [-0.4, -0.2) is 31.6 Å². The molecule has 0 aromatic heterocycles. The van der Waals surface area contributed by atoms with Gasteiger partial charge in [0.2, 0.25) is 5.91 Å². The number of rotatable bonds is 6. The molecule has 1 fully saturated rings. The minimum absolute atomic E-state index is 0.107. The lowest BCUT2D eigenvalue weighted by Gasteiger charge is -2.15.